The van der Waals surface area contributed by atoms with Crippen molar-refractivity contribution in [2.45, 2.75) is 19.8 Å². The number of H-pyrrole nitrogens is 1. The minimum absolute atomic E-state index is 0.311. The van der Waals surface area contributed by atoms with Crippen molar-refractivity contribution in [3.05, 3.63) is 53.1 Å². The van der Waals surface area contributed by atoms with E-state index in [4.69, 9.17) is 0 Å². The number of hydrogen-bond acceptors (Lipinski definition) is 2. The number of hydrogen-bond donors (Lipinski definition) is 1. The van der Waals surface area contributed by atoms with Crippen molar-refractivity contribution < 1.29 is 0 Å². The molecule has 0 bridgehead atoms. The molecule has 2 rings (SSSR count). The smallest absolute Gasteiger partial charge is 0.129 e. The molecule has 1 heterocycles. The lowest BCUT2D eigenvalue weighted by molar-refractivity contribution is 0.924. The second-order valence-corrected chi connectivity index (χ2v) is 3.88. The molecule has 3 nitrogen and oxygen atoms in total. The summed E-state index contributed by atoms with van der Waals surface area (Å²) in [6.45, 7) is 4.11. The SMILES string of the molecule is Cc1ccc(C(C#N)c2ncc[nH]2)cc1C. The monoisotopic (exact) mass is 211 g/mol. The molecule has 1 aromatic heterocycles. The number of rotatable bonds is 2. The molecule has 0 radical (unpaired) electrons. The van der Waals surface area contributed by atoms with Crippen LogP contribution in [0.15, 0.2) is 30.6 Å². The lowest BCUT2D eigenvalue weighted by Gasteiger charge is -2.09. The van der Waals surface area contributed by atoms with Gasteiger partial charge < -0.3 is 4.98 Å². The zero-order valence-electron chi connectivity index (χ0n) is 9.36. The summed E-state index contributed by atoms with van der Waals surface area (Å²) in [6, 6.07) is 8.35. The maximum absolute atomic E-state index is 9.20. The van der Waals surface area contributed by atoms with Gasteiger partial charge in [0.2, 0.25) is 0 Å². The van der Waals surface area contributed by atoms with Crippen LogP contribution in [0.2, 0.25) is 0 Å². The number of imidazole rings is 1. The number of aromatic amines is 1. The van der Waals surface area contributed by atoms with Gasteiger partial charge in [0.15, 0.2) is 0 Å². The van der Waals surface area contributed by atoms with Gasteiger partial charge in [-0.3, -0.25) is 0 Å². The predicted octanol–water partition coefficient (Wildman–Crippen LogP) is 2.68. The van der Waals surface area contributed by atoms with Crippen molar-refractivity contribution in [1.82, 2.24) is 9.97 Å². The van der Waals surface area contributed by atoms with Gasteiger partial charge in [0.1, 0.15) is 11.7 Å². The highest BCUT2D eigenvalue weighted by molar-refractivity contribution is 5.37. The molecule has 1 unspecified atom stereocenters. The summed E-state index contributed by atoms with van der Waals surface area (Å²) >= 11 is 0. The fourth-order valence-corrected chi connectivity index (χ4v) is 1.67. The van der Waals surface area contributed by atoms with Crippen LogP contribution >= 0.6 is 0 Å². The molecule has 80 valence electrons. The third-order valence-corrected chi connectivity index (χ3v) is 2.79. The average molecular weight is 211 g/mol. The van der Waals surface area contributed by atoms with Gasteiger partial charge in [0.05, 0.1) is 6.07 Å². The molecule has 0 aliphatic rings. The van der Waals surface area contributed by atoms with E-state index in [1.807, 2.05) is 18.2 Å². The van der Waals surface area contributed by atoms with Crippen LogP contribution in [0.4, 0.5) is 0 Å². The third-order valence-electron chi connectivity index (χ3n) is 2.79. The van der Waals surface area contributed by atoms with E-state index in [1.54, 1.807) is 12.4 Å². The summed E-state index contributed by atoms with van der Waals surface area (Å²) in [5, 5.41) is 9.20. The van der Waals surface area contributed by atoms with Gasteiger partial charge in [-0.1, -0.05) is 18.2 Å². The first-order valence-electron chi connectivity index (χ1n) is 5.18. The molecule has 0 aliphatic heterocycles. The van der Waals surface area contributed by atoms with Gasteiger partial charge in [-0.05, 0) is 30.5 Å². The number of aromatic nitrogens is 2. The molecule has 1 atom stereocenters. The molecular formula is C13H13N3. The number of nitrogens with one attached hydrogen (secondary N) is 1. The largest absolute Gasteiger partial charge is 0.347 e. The number of aryl methyl sites for hydroxylation is 2. The fraction of sp³-hybridized carbons (Fsp3) is 0.231. The summed E-state index contributed by atoms with van der Waals surface area (Å²) in [6.07, 6.45) is 3.40. The summed E-state index contributed by atoms with van der Waals surface area (Å²) in [4.78, 5) is 7.12. The lowest BCUT2D eigenvalue weighted by Crippen LogP contribution is -2.01. The van der Waals surface area contributed by atoms with Gasteiger partial charge in [0, 0.05) is 12.4 Å². The Morgan fingerprint density at radius 2 is 2.12 bits per heavy atom. The molecule has 0 saturated heterocycles. The van der Waals surface area contributed by atoms with Crippen molar-refractivity contribution in [1.29, 1.82) is 5.26 Å². The molecule has 0 fully saturated rings. The van der Waals surface area contributed by atoms with E-state index >= 15 is 0 Å². The topological polar surface area (TPSA) is 52.5 Å². The van der Waals surface area contributed by atoms with Gasteiger partial charge >= 0.3 is 0 Å². The Balaban J connectivity index is 2.43. The van der Waals surface area contributed by atoms with E-state index in [0.29, 0.717) is 5.82 Å². The summed E-state index contributed by atoms with van der Waals surface area (Å²) in [5.41, 5.74) is 3.42. The Kier molecular flexibility index (Phi) is 2.74. The number of nitriles is 1. The molecule has 2 aromatic rings. The molecule has 1 N–H and O–H groups in total. The van der Waals surface area contributed by atoms with Crippen molar-refractivity contribution in [3.8, 4) is 6.07 Å². The van der Waals surface area contributed by atoms with Crippen LogP contribution in [-0.4, -0.2) is 9.97 Å². The quantitative estimate of drug-likeness (QED) is 0.830. The standard InChI is InChI=1S/C13H13N3/c1-9-3-4-11(7-10(9)2)12(8-14)13-15-5-6-16-13/h3-7,12H,1-2H3,(H,15,16). The molecule has 16 heavy (non-hydrogen) atoms. The van der Waals surface area contributed by atoms with Crippen LogP contribution in [0.25, 0.3) is 0 Å². The highest BCUT2D eigenvalue weighted by Crippen LogP contribution is 2.22. The van der Waals surface area contributed by atoms with Crippen LogP contribution < -0.4 is 0 Å². The zero-order valence-corrected chi connectivity index (χ0v) is 9.36. The van der Waals surface area contributed by atoms with E-state index in [0.717, 1.165) is 5.56 Å². The van der Waals surface area contributed by atoms with Crippen LogP contribution in [0.5, 0.6) is 0 Å². The van der Waals surface area contributed by atoms with Crippen molar-refractivity contribution in [2.75, 3.05) is 0 Å². The Morgan fingerprint density at radius 3 is 2.69 bits per heavy atom. The van der Waals surface area contributed by atoms with Crippen molar-refractivity contribution in [2.24, 2.45) is 0 Å². The number of nitrogens with zero attached hydrogens (tertiary/aromatic N) is 2. The first-order valence-corrected chi connectivity index (χ1v) is 5.18. The van der Waals surface area contributed by atoms with E-state index in [1.165, 1.54) is 11.1 Å². The van der Waals surface area contributed by atoms with E-state index in [-0.39, 0.29) is 5.92 Å². The molecule has 1 aromatic carbocycles. The van der Waals surface area contributed by atoms with Crippen molar-refractivity contribution >= 4 is 0 Å². The zero-order chi connectivity index (χ0) is 11.5. The highest BCUT2D eigenvalue weighted by atomic mass is 14.9. The van der Waals surface area contributed by atoms with Gasteiger partial charge in [-0.15, -0.1) is 0 Å². The van der Waals surface area contributed by atoms with Gasteiger partial charge in [0.25, 0.3) is 0 Å². The first-order chi connectivity index (χ1) is 7.72. The minimum Gasteiger partial charge on any atom is -0.347 e. The van der Waals surface area contributed by atoms with E-state index in [9.17, 15) is 5.26 Å². The van der Waals surface area contributed by atoms with Crippen molar-refractivity contribution in [3.63, 3.8) is 0 Å². The summed E-state index contributed by atoms with van der Waals surface area (Å²) in [7, 11) is 0. The summed E-state index contributed by atoms with van der Waals surface area (Å²) < 4.78 is 0. The molecule has 0 amide bonds. The Morgan fingerprint density at radius 1 is 1.31 bits per heavy atom. The highest BCUT2D eigenvalue weighted by Gasteiger charge is 2.15. The molecule has 3 heteroatoms. The average Bonchev–Trinajstić information content (AvgIpc) is 2.78. The Bertz CT molecular complexity index is 521. The lowest BCUT2D eigenvalue weighted by atomic mass is 9.96. The predicted molar refractivity (Wildman–Crippen MR) is 62.0 cm³/mol. The third kappa shape index (κ3) is 1.82. The van der Waals surface area contributed by atoms with Gasteiger partial charge in [-0.25, -0.2) is 4.98 Å². The van der Waals surface area contributed by atoms with Crippen LogP contribution in [0, 0.1) is 25.2 Å². The van der Waals surface area contributed by atoms with Crippen LogP contribution in [0.3, 0.4) is 0 Å². The number of benzene rings is 1. The maximum Gasteiger partial charge on any atom is 0.129 e. The molecule has 0 saturated carbocycles. The minimum atomic E-state index is -0.311. The van der Waals surface area contributed by atoms with E-state index in [2.05, 4.69) is 29.9 Å². The molecule has 0 spiro atoms. The fourth-order valence-electron chi connectivity index (χ4n) is 1.67. The normalized spacial score (nSPS) is 12.1. The molecular weight excluding hydrogens is 198 g/mol. The Hall–Kier alpha value is -2.08. The second kappa shape index (κ2) is 4.19. The van der Waals surface area contributed by atoms with Gasteiger partial charge in [-0.2, -0.15) is 5.26 Å². The molecule has 0 aliphatic carbocycles. The Labute approximate surface area is 94.8 Å². The van der Waals surface area contributed by atoms with Crippen LogP contribution in [0.1, 0.15) is 28.4 Å². The first kappa shape index (κ1) is 10.4. The second-order valence-electron chi connectivity index (χ2n) is 3.88. The van der Waals surface area contributed by atoms with E-state index < -0.39 is 0 Å². The maximum atomic E-state index is 9.20. The van der Waals surface area contributed by atoms with Crippen LogP contribution in [-0.2, 0) is 0 Å². The summed E-state index contributed by atoms with van der Waals surface area (Å²) in [5.74, 6) is 0.389.